The van der Waals surface area contributed by atoms with Crippen molar-refractivity contribution in [1.82, 2.24) is 8.61 Å². The zero-order chi connectivity index (χ0) is 31.2. The van der Waals surface area contributed by atoms with Crippen molar-refractivity contribution in [1.29, 1.82) is 0 Å². The number of sulfonamides is 2. The first-order valence-corrected chi connectivity index (χ1v) is 16.8. The van der Waals surface area contributed by atoms with Crippen LogP contribution >= 0.6 is 0 Å². The van der Waals surface area contributed by atoms with E-state index in [9.17, 15) is 26.9 Å². The Labute approximate surface area is 256 Å². The third-order valence-electron chi connectivity index (χ3n) is 8.09. The number of aryl methyl sites for hydroxylation is 1. The number of rotatable bonds is 7. The van der Waals surface area contributed by atoms with E-state index < -0.39 is 37.1 Å². The summed E-state index contributed by atoms with van der Waals surface area (Å²) < 4.78 is 59.6. The zero-order valence-corrected chi connectivity index (χ0v) is 25.6. The Morgan fingerprint density at radius 1 is 0.773 bits per heavy atom. The Bertz CT molecular complexity index is 2020. The Hall–Kier alpha value is -4.58. The molecular weight excluding hydrogens is 599 g/mol. The fraction of sp³-hybridized carbons (Fsp3) is 0.152. The number of nitro groups is 1. The lowest BCUT2D eigenvalue weighted by Crippen LogP contribution is -2.41. The largest absolute Gasteiger partial charge is 0.269 e. The van der Waals surface area contributed by atoms with Crippen molar-refractivity contribution in [2.45, 2.75) is 35.7 Å². The third kappa shape index (κ3) is 5.02. The highest BCUT2D eigenvalue weighted by atomic mass is 32.2. The summed E-state index contributed by atoms with van der Waals surface area (Å²) in [6, 6.07) is 26.7. The number of hydrogen-bond donors (Lipinski definition) is 0. The van der Waals surface area contributed by atoms with Crippen LogP contribution in [0, 0.1) is 17.0 Å². The van der Waals surface area contributed by atoms with Crippen LogP contribution in [-0.2, 0) is 20.0 Å². The molecule has 2 heterocycles. The first kappa shape index (κ1) is 29.5. The normalized spacial score (nSPS) is 18.8. The van der Waals surface area contributed by atoms with Gasteiger partial charge in [-0.2, -0.15) is 4.31 Å². The molecule has 4 aromatic carbocycles. The molecule has 2 atom stereocenters. The molecule has 0 saturated carbocycles. The van der Waals surface area contributed by atoms with Crippen molar-refractivity contribution in [3.05, 3.63) is 147 Å². The lowest BCUT2D eigenvalue weighted by Gasteiger charge is -2.41. The molecule has 0 amide bonds. The van der Waals surface area contributed by atoms with Crippen LogP contribution in [0.25, 0.3) is 11.8 Å². The highest BCUT2D eigenvalue weighted by Gasteiger charge is 2.45. The van der Waals surface area contributed by atoms with Gasteiger partial charge in [-0.3, -0.25) is 14.4 Å². The van der Waals surface area contributed by atoms with Crippen molar-refractivity contribution < 1.29 is 21.8 Å². The van der Waals surface area contributed by atoms with Gasteiger partial charge in [-0.05, 0) is 66.5 Å². The minimum absolute atomic E-state index is 0.0112. The van der Waals surface area contributed by atoms with Crippen molar-refractivity contribution in [2.75, 3.05) is 6.54 Å². The quantitative estimate of drug-likeness (QED) is 0.138. The maximum Gasteiger partial charge on any atom is 0.269 e. The average Bonchev–Trinajstić information content (AvgIpc) is 3.42. The van der Waals surface area contributed by atoms with Crippen molar-refractivity contribution in [2.24, 2.45) is 0 Å². The van der Waals surface area contributed by atoms with Gasteiger partial charge in [0.25, 0.3) is 15.7 Å². The van der Waals surface area contributed by atoms with Crippen LogP contribution in [0.5, 0.6) is 0 Å². The monoisotopic (exact) mass is 627 g/mol. The zero-order valence-electron chi connectivity index (χ0n) is 23.9. The molecule has 224 valence electrons. The van der Waals surface area contributed by atoms with Crippen molar-refractivity contribution >= 4 is 37.5 Å². The summed E-state index contributed by atoms with van der Waals surface area (Å²) >= 11 is 0. The number of non-ortho nitro benzene ring substituents is 1. The molecule has 0 radical (unpaired) electrons. The second-order valence-electron chi connectivity index (χ2n) is 10.7. The number of fused-ring (bicyclic) bond motifs is 1. The maximum atomic E-state index is 14.6. The molecule has 0 aliphatic carbocycles. The van der Waals surface area contributed by atoms with Crippen LogP contribution in [0.4, 0.5) is 5.69 Å². The van der Waals surface area contributed by atoms with E-state index in [1.54, 1.807) is 37.3 Å². The van der Waals surface area contributed by atoms with Crippen molar-refractivity contribution in [3.8, 4) is 0 Å². The molecule has 9 nitrogen and oxygen atoms in total. The summed E-state index contributed by atoms with van der Waals surface area (Å²) in [6.07, 6.45) is 3.64. The van der Waals surface area contributed by atoms with Gasteiger partial charge < -0.3 is 0 Å². The van der Waals surface area contributed by atoms with E-state index in [-0.39, 0.29) is 22.0 Å². The summed E-state index contributed by atoms with van der Waals surface area (Å²) in [5.41, 5.74) is 4.05. The summed E-state index contributed by atoms with van der Waals surface area (Å²) in [5.74, 6) is 0. The molecule has 0 N–H and O–H groups in total. The predicted molar refractivity (Wildman–Crippen MR) is 168 cm³/mol. The number of nitro benzene ring substituents is 1. The van der Waals surface area contributed by atoms with E-state index >= 15 is 0 Å². The topological polar surface area (TPSA) is 118 Å². The van der Waals surface area contributed by atoms with E-state index in [0.717, 1.165) is 28.8 Å². The van der Waals surface area contributed by atoms with Gasteiger partial charge in [0.15, 0.2) is 0 Å². The Balaban J connectivity index is 1.49. The highest BCUT2D eigenvalue weighted by molar-refractivity contribution is 7.89. The fourth-order valence-corrected chi connectivity index (χ4v) is 9.00. The molecule has 0 unspecified atom stereocenters. The van der Waals surface area contributed by atoms with Gasteiger partial charge in [0.2, 0.25) is 10.0 Å². The van der Waals surface area contributed by atoms with Crippen LogP contribution in [-0.4, -0.2) is 43.0 Å². The second-order valence-corrected chi connectivity index (χ2v) is 14.5. The molecule has 0 fully saturated rings. The molecule has 4 aromatic rings. The maximum absolute atomic E-state index is 14.6. The molecule has 0 aromatic heterocycles. The SMILES string of the molecule is Cc1ccc(S(=O)(=O)N2C(c3ccccc3)=Cc3ccccc3[C@H]2C2=CCN(S(=O)(=O)c3ccc([N+](=O)[O-])cc3)[C@@H]2C)cc1. The van der Waals surface area contributed by atoms with Crippen LogP contribution in [0.3, 0.4) is 0 Å². The fourth-order valence-electron chi connectivity index (χ4n) is 5.81. The summed E-state index contributed by atoms with van der Waals surface area (Å²) in [6.45, 7) is 3.63. The standard InChI is InChI=1S/C33H29N3O6S2/c1-23-12-16-29(17-13-23)44(41,42)35-32(25-8-4-3-5-9-25)22-26-10-6-7-11-31(26)33(35)30-20-21-34(24(30)2)43(39,40)28-18-14-27(15-19-28)36(37)38/h3-20,22,24,33H,21H2,1-2H3/t24-,33-/m1/s1. The van der Waals surface area contributed by atoms with E-state index in [2.05, 4.69) is 0 Å². The van der Waals surface area contributed by atoms with Gasteiger partial charge >= 0.3 is 0 Å². The number of benzene rings is 4. The predicted octanol–water partition coefficient (Wildman–Crippen LogP) is 6.17. The molecule has 11 heteroatoms. The lowest BCUT2D eigenvalue weighted by molar-refractivity contribution is -0.384. The van der Waals surface area contributed by atoms with E-state index in [4.69, 9.17) is 0 Å². The van der Waals surface area contributed by atoms with Crippen LogP contribution < -0.4 is 0 Å². The van der Waals surface area contributed by atoms with Gasteiger partial charge in [0.1, 0.15) is 0 Å². The van der Waals surface area contributed by atoms with Crippen LogP contribution in [0.1, 0.15) is 35.2 Å². The highest BCUT2D eigenvalue weighted by Crippen LogP contribution is 2.48. The van der Waals surface area contributed by atoms with Gasteiger partial charge in [-0.15, -0.1) is 0 Å². The van der Waals surface area contributed by atoms with Gasteiger partial charge in [0.05, 0.1) is 26.5 Å². The minimum atomic E-state index is -4.15. The molecule has 0 spiro atoms. The first-order chi connectivity index (χ1) is 21.0. The van der Waals surface area contributed by atoms with Gasteiger partial charge in [0, 0.05) is 24.7 Å². The molecular formula is C33H29N3O6S2. The Morgan fingerprint density at radius 2 is 1.36 bits per heavy atom. The van der Waals surface area contributed by atoms with E-state index in [1.807, 2.05) is 67.6 Å². The number of hydrogen-bond acceptors (Lipinski definition) is 6. The molecule has 6 rings (SSSR count). The number of nitrogens with zero attached hydrogens (tertiary/aromatic N) is 3. The lowest BCUT2D eigenvalue weighted by atomic mass is 9.87. The van der Waals surface area contributed by atoms with E-state index in [1.165, 1.54) is 20.7 Å². The molecule has 2 aliphatic rings. The molecule has 0 saturated heterocycles. The van der Waals surface area contributed by atoms with Crippen LogP contribution in [0.15, 0.2) is 125 Å². The average molecular weight is 628 g/mol. The van der Waals surface area contributed by atoms with Crippen LogP contribution in [0.2, 0.25) is 0 Å². The smallest absolute Gasteiger partial charge is 0.258 e. The Morgan fingerprint density at radius 3 is 2.02 bits per heavy atom. The third-order valence-corrected chi connectivity index (χ3v) is 11.8. The second kappa shape index (κ2) is 11.2. The molecule has 44 heavy (non-hydrogen) atoms. The first-order valence-electron chi connectivity index (χ1n) is 13.9. The Kier molecular flexibility index (Phi) is 7.48. The van der Waals surface area contributed by atoms with E-state index in [0.29, 0.717) is 16.8 Å². The summed E-state index contributed by atoms with van der Waals surface area (Å²) in [7, 11) is -8.23. The summed E-state index contributed by atoms with van der Waals surface area (Å²) in [5, 5.41) is 11.1. The van der Waals surface area contributed by atoms with Crippen molar-refractivity contribution in [3.63, 3.8) is 0 Å². The molecule has 2 aliphatic heterocycles. The van der Waals surface area contributed by atoms with Gasteiger partial charge in [-0.25, -0.2) is 16.8 Å². The van der Waals surface area contributed by atoms with Gasteiger partial charge in [-0.1, -0.05) is 78.4 Å². The summed E-state index contributed by atoms with van der Waals surface area (Å²) in [4.78, 5) is 10.6. The minimum Gasteiger partial charge on any atom is -0.258 e. The molecule has 0 bridgehead atoms.